The van der Waals surface area contributed by atoms with Crippen LogP contribution in [0.15, 0.2) is 22.7 Å². The Labute approximate surface area is 540 Å². The third-order valence-electron chi connectivity index (χ3n) is 30.4. The van der Waals surface area contributed by atoms with Crippen LogP contribution in [0.4, 0.5) is 0 Å². The van der Waals surface area contributed by atoms with Gasteiger partial charge in [0.2, 0.25) is 0 Å². The first-order valence-electron chi connectivity index (χ1n) is 35.5. The molecule has 2 saturated heterocycles. The maximum atomic E-state index is 12.5. The molecule has 10 fully saturated rings. The van der Waals surface area contributed by atoms with Crippen LogP contribution in [0.2, 0.25) is 0 Å². The lowest BCUT2D eigenvalue weighted by Gasteiger charge is -2.63. The summed E-state index contributed by atoms with van der Waals surface area (Å²) in [6.45, 7) is 33.7. The summed E-state index contributed by atoms with van der Waals surface area (Å²) in [6, 6.07) is 0. The van der Waals surface area contributed by atoms with E-state index in [0.717, 1.165) is 89.2 Å². The minimum Gasteiger partial charge on any atom is -0.489 e. The topological polar surface area (TPSA) is 284 Å². The largest absolute Gasteiger partial charge is 0.489 e. The van der Waals surface area contributed by atoms with E-state index in [1.165, 1.54) is 30.9 Å². The van der Waals surface area contributed by atoms with E-state index < -0.39 is 96.7 Å². The molecule has 30 atom stereocenters. The number of hydrogen-bond donors (Lipinski definition) is 10. The number of carbonyl (C=O) groups is 1. The van der Waals surface area contributed by atoms with Crippen LogP contribution in [0.1, 0.15) is 214 Å². The van der Waals surface area contributed by atoms with Crippen LogP contribution in [0, 0.1) is 95.1 Å². The predicted molar refractivity (Wildman–Crippen MR) is 334 cm³/mol. The summed E-state index contributed by atoms with van der Waals surface area (Å²) in [5.74, 6) is 2.87. The Morgan fingerprint density at radius 2 is 0.901 bits per heavy atom. The molecule has 0 unspecified atom stereocenters. The van der Waals surface area contributed by atoms with Gasteiger partial charge in [-0.05, 0) is 201 Å². The van der Waals surface area contributed by atoms with Crippen molar-refractivity contribution in [2.24, 2.45) is 95.1 Å². The lowest BCUT2D eigenvalue weighted by atomic mass is 9.41. The molecule has 10 N–H and O–H groups in total. The van der Waals surface area contributed by atoms with E-state index in [9.17, 15) is 55.9 Å². The van der Waals surface area contributed by atoms with Gasteiger partial charge in [-0.2, -0.15) is 0 Å². The molecule has 18 nitrogen and oxygen atoms in total. The average molecular weight is 1280 g/mol. The summed E-state index contributed by atoms with van der Waals surface area (Å²) in [5, 5.41) is 109. The molecule has 91 heavy (non-hydrogen) atoms. The monoisotopic (exact) mass is 1280 g/mol. The van der Waals surface area contributed by atoms with Crippen molar-refractivity contribution in [1.82, 2.24) is 0 Å². The second-order valence-electron chi connectivity index (χ2n) is 36.5. The number of ether oxygens (including phenoxy) is 7. The van der Waals surface area contributed by atoms with Gasteiger partial charge in [0, 0.05) is 28.6 Å². The normalized spacial score (nSPS) is 53.6. The molecule has 516 valence electrons. The van der Waals surface area contributed by atoms with Crippen LogP contribution >= 0.6 is 0 Å². The Morgan fingerprint density at radius 3 is 1.29 bits per heavy atom. The first kappa shape index (κ1) is 67.6. The van der Waals surface area contributed by atoms with Crippen molar-refractivity contribution in [3.05, 3.63) is 22.7 Å². The van der Waals surface area contributed by atoms with Gasteiger partial charge in [-0.1, -0.05) is 90.0 Å². The molecule has 4 aliphatic heterocycles. The van der Waals surface area contributed by atoms with Crippen LogP contribution in [0.25, 0.3) is 0 Å². The maximum Gasteiger partial charge on any atom is 0.303 e. The molecule has 0 aromatic carbocycles. The Morgan fingerprint density at radius 1 is 0.527 bits per heavy atom. The first-order chi connectivity index (χ1) is 42.1. The van der Waals surface area contributed by atoms with Crippen molar-refractivity contribution >= 4 is 5.97 Å². The van der Waals surface area contributed by atoms with Crippen LogP contribution in [0.3, 0.4) is 0 Å². The lowest BCUT2D eigenvalue weighted by molar-refractivity contribution is -0.303. The Bertz CT molecular complexity index is 2910. The lowest BCUT2D eigenvalue weighted by Crippen LogP contribution is -2.61. The number of carbonyl (C=O) groups excluding carboxylic acids is 1. The first-order valence-corrected chi connectivity index (χ1v) is 35.5. The van der Waals surface area contributed by atoms with Crippen LogP contribution in [0.5, 0.6) is 0 Å². The van der Waals surface area contributed by atoms with Crippen molar-refractivity contribution < 1.29 is 89.0 Å². The molecule has 4 spiro atoms. The standard InChI is InChI=1S/C37H58O10.C36H58O8/c1-18-15-21(30(33(5,6)43)45-19(2)38)46-28-25(18)34(7)13-14-37-17-36(37)12-11-24(47-31-27(41)26(40)20(39)16-44-31)32(3,4)22(36)9-10-23(37)35(34,8)29(28)42;1-18-15-20(28(40)31(2,3)4)43-27-24(18)33(7)13-14-36-17-35(36)12-11-23(44-30-26(39)25(38)19(37)16-42-30)32(5,6)21(35)9-10-22(36)34(33,8)29(27)41/h18,20-24,26-27,29-31,39-43H,9-17H2,1-8H3;18-23,25-26,28-30,37-41H,9-17H2,1-8H3/t18-,20-,21-,22+,23+,24+,26+,27-,29+,30+,31+,34-,35-,36-,37+;18-,19-,20-,21+,22+,23+,25+,26-,28+,29+,30+,33-,34-,35-,36+/m11/s1. The van der Waals surface area contributed by atoms with E-state index in [1.54, 1.807) is 13.8 Å². The number of fused-ring (bicyclic) bond motifs is 6. The number of hydrogen-bond acceptors (Lipinski definition) is 18. The zero-order valence-electron chi connectivity index (χ0n) is 57.7. The highest BCUT2D eigenvalue weighted by Crippen LogP contribution is 2.91. The van der Waals surface area contributed by atoms with Gasteiger partial charge in [-0.25, -0.2) is 0 Å². The second-order valence-corrected chi connectivity index (χ2v) is 36.5. The molecule has 0 radical (unpaired) electrons. The van der Waals surface area contributed by atoms with Crippen LogP contribution < -0.4 is 0 Å². The van der Waals surface area contributed by atoms with Gasteiger partial charge in [-0.3, -0.25) is 4.79 Å². The van der Waals surface area contributed by atoms with E-state index in [1.807, 2.05) is 0 Å². The Balaban J connectivity index is 0.000000167. The highest BCUT2D eigenvalue weighted by atomic mass is 16.7. The van der Waals surface area contributed by atoms with E-state index in [4.69, 9.17) is 33.2 Å². The molecular weight excluding hydrogens is 1160 g/mol. The molecule has 14 rings (SSSR count). The molecule has 0 amide bonds. The maximum absolute atomic E-state index is 12.5. The molecule has 0 bridgehead atoms. The van der Waals surface area contributed by atoms with Crippen molar-refractivity contribution in [1.29, 1.82) is 0 Å². The number of esters is 1. The number of aliphatic hydroxyl groups excluding tert-OH is 9. The van der Waals surface area contributed by atoms with E-state index in [2.05, 4.69) is 90.0 Å². The second kappa shape index (κ2) is 21.5. The minimum atomic E-state index is -1.31. The van der Waals surface area contributed by atoms with E-state index in [0.29, 0.717) is 35.9 Å². The number of aliphatic hydroxyl groups is 10. The molecule has 10 aliphatic carbocycles. The van der Waals surface area contributed by atoms with Crippen molar-refractivity contribution in [2.45, 2.75) is 317 Å². The van der Waals surface area contributed by atoms with Gasteiger partial charge >= 0.3 is 5.97 Å². The zero-order valence-corrected chi connectivity index (χ0v) is 57.7. The zero-order chi connectivity index (χ0) is 66.3. The summed E-state index contributed by atoms with van der Waals surface area (Å²) in [4.78, 5) is 12.0. The molecule has 18 heteroatoms. The summed E-state index contributed by atoms with van der Waals surface area (Å²) in [5.41, 5.74) is 0.132. The van der Waals surface area contributed by atoms with Gasteiger partial charge in [0.15, 0.2) is 18.7 Å². The third kappa shape index (κ3) is 9.06. The van der Waals surface area contributed by atoms with Gasteiger partial charge in [0.05, 0.1) is 37.1 Å². The SMILES string of the molecule is CC(=O)O[C@@H]([C@H]1C[C@@H](C)C2=C(O1)[C@H](O)[C@@]1(C)[C@@H]3CC[C@H]4C(C)(C)[C@@H](O[C@@H]5OC[C@@H](O)[C@H](O)[C@H]5O)CC[C@@]45C[C@@]35CC[C@]21C)C(C)(C)O.C[C@@H]1C[C@H]([C@H](O)C(C)(C)C)OC2=C1[C@@]1(C)CC[C@@]34C[C@@]35CC[C@H](O[C@@H]3OC[C@@H](O)[C@H](O)[C@H]3O)C(C)(C)[C@@H]5CC[C@H]4[C@]1(C)[C@H]2O. The molecule has 4 heterocycles. The fourth-order valence-electron chi connectivity index (χ4n) is 25.7. The quantitative estimate of drug-likeness (QED) is 0.0816. The van der Waals surface area contributed by atoms with Crippen LogP contribution in [-0.2, 0) is 38.0 Å². The van der Waals surface area contributed by atoms with Crippen molar-refractivity contribution in [3.8, 4) is 0 Å². The van der Waals surface area contributed by atoms with Gasteiger partial charge < -0.3 is 84.2 Å². The highest BCUT2D eigenvalue weighted by molar-refractivity contribution is 5.66. The predicted octanol–water partition coefficient (Wildman–Crippen LogP) is 7.90. The number of rotatable bonds is 8. The molecule has 8 saturated carbocycles. The summed E-state index contributed by atoms with van der Waals surface area (Å²) < 4.78 is 43.2. The Kier molecular flexibility index (Phi) is 16.0. The summed E-state index contributed by atoms with van der Waals surface area (Å²) >= 11 is 0. The van der Waals surface area contributed by atoms with Gasteiger partial charge in [0.1, 0.15) is 72.6 Å². The molecule has 0 aromatic heterocycles. The fraction of sp³-hybridized carbons (Fsp3) is 0.932. The number of allylic oxidation sites excluding steroid dienone is 2. The van der Waals surface area contributed by atoms with Crippen LogP contribution in [-0.4, -0.2) is 174 Å². The van der Waals surface area contributed by atoms with E-state index in [-0.39, 0.29) is 97.5 Å². The van der Waals surface area contributed by atoms with Crippen molar-refractivity contribution in [2.75, 3.05) is 13.2 Å². The Hall–Kier alpha value is -2.01. The van der Waals surface area contributed by atoms with Crippen molar-refractivity contribution in [3.63, 3.8) is 0 Å². The summed E-state index contributed by atoms with van der Waals surface area (Å²) in [6.07, 6.45) is 2.55. The molecule has 0 aromatic rings. The fourth-order valence-corrected chi connectivity index (χ4v) is 25.7. The van der Waals surface area contributed by atoms with Gasteiger partial charge in [0.25, 0.3) is 0 Å². The smallest absolute Gasteiger partial charge is 0.303 e. The average Bonchev–Trinajstić information content (AvgIpc) is 1.47. The molecular formula is C73H116O18. The third-order valence-corrected chi connectivity index (χ3v) is 30.4. The highest BCUT2D eigenvalue weighted by Gasteiger charge is 2.86. The minimum absolute atomic E-state index is 0.0515. The van der Waals surface area contributed by atoms with E-state index >= 15 is 0 Å². The molecule has 14 aliphatic rings. The summed E-state index contributed by atoms with van der Waals surface area (Å²) in [7, 11) is 0. The van der Waals surface area contributed by atoms with Gasteiger partial charge in [-0.15, -0.1) is 0 Å².